The van der Waals surface area contributed by atoms with Gasteiger partial charge in [-0.1, -0.05) is 5.16 Å². The van der Waals surface area contributed by atoms with Crippen LogP contribution in [0.3, 0.4) is 0 Å². The second-order valence-corrected chi connectivity index (χ2v) is 15.8. The molecule has 0 aromatic carbocycles. The third-order valence-corrected chi connectivity index (χ3v) is 12.7. The van der Waals surface area contributed by atoms with Crippen LogP contribution in [0.4, 0.5) is 9.59 Å². The smallest absolute Gasteiger partial charge is 0.409 e. The molecule has 0 bridgehead atoms. The summed E-state index contributed by atoms with van der Waals surface area (Å²) in [6.45, 7) is 14.9. The van der Waals surface area contributed by atoms with Gasteiger partial charge in [-0.3, -0.25) is 4.68 Å². The Hall–Kier alpha value is -3.12. The summed E-state index contributed by atoms with van der Waals surface area (Å²) in [7, 11) is 0. The third kappa shape index (κ3) is 7.50. The molecule has 6 aliphatic rings. The fraction of sp³-hybridized carbons (Fsp3) is 0.784. The number of hydrogen-bond acceptors (Lipinski definition) is 9. The Morgan fingerprint density at radius 3 is 1.76 bits per heavy atom. The molecule has 0 N–H and O–H groups in total. The van der Waals surface area contributed by atoms with Crippen molar-refractivity contribution in [3.8, 4) is 0 Å². The SMILES string of the molecule is CCOC(=O)N1CCC2(CC(N3CCC(c4ccon4)CC3)C2)C1.CCOC(=O)N1CCC2(CC(N3CCC(n4ccc(C)n4)CC3)C2)C1. The molecule has 0 unspecified atom stereocenters. The highest BCUT2D eigenvalue weighted by atomic mass is 16.6. The van der Waals surface area contributed by atoms with Crippen molar-refractivity contribution < 1.29 is 23.6 Å². The van der Waals surface area contributed by atoms with Crippen LogP contribution in [0, 0.1) is 17.8 Å². The standard InChI is InChI=1S/C19H30N4O2.C18H27N3O3/c1-3-25-18(24)22-11-7-19(14-22)12-17(13-19)21-8-5-16(6-9-21)23-10-4-15(2)20-23;1-2-23-17(22)21-9-6-18(13-21)11-15(12-18)20-7-3-14(4-8-20)16-5-10-24-19-16/h4,10,16-17H,3,5-9,11-14H2,1-2H3;5,10,14-15H,2-4,6-9,11-13H2,1H3. The number of nitrogens with zero attached hydrogens (tertiary/aromatic N) is 7. The lowest BCUT2D eigenvalue weighted by Gasteiger charge is -2.51. The number of piperidine rings is 2. The molecule has 0 atom stereocenters. The predicted molar refractivity (Wildman–Crippen MR) is 184 cm³/mol. The molecular weight excluding hydrogens is 622 g/mol. The number of aryl methyl sites for hydroxylation is 1. The Kier molecular flexibility index (Phi) is 10.2. The van der Waals surface area contributed by atoms with E-state index in [1.54, 1.807) is 6.26 Å². The molecule has 8 rings (SSSR count). The molecule has 4 aliphatic heterocycles. The lowest BCUT2D eigenvalue weighted by atomic mass is 9.64. The van der Waals surface area contributed by atoms with Crippen molar-refractivity contribution in [3.63, 3.8) is 0 Å². The van der Waals surface area contributed by atoms with Crippen LogP contribution < -0.4 is 0 Å². The van der Waals surface area contributed by atoms with Crippen LogP contribution in [0.25, 0.3) is 0 Å². The van der Waals surface area contributed by atoms with E-state index in [0.29, 0.717) is 48.1 Å². The molecule has 6 heterocycles. The van der Waals surface area contributed by atoms with Crippen LogP contribution in [0.2, 0.25) is 0 Å². The molecule has 12 heteroatoms. The summed E-state index contributed by atoms with van der Waals surface area (Å²) < 4.78 is 17.4. The highest BCUT2D eigenvalue weighted by Gasteiger charge is 2.52. The van der Waals surface area contributed by atoms with E-state index in [1.165, 1.54) is 64.5 Å². The minimum absolute atomic E-state index is 0.127. The van der Waals surface area contributed by atoms with Crippen LogP contribution in [-0.2, 0) is 9.47 Å². The Morgan fingerprint density at radius 1 is 0.776 bits per heavy atom. The summed E-state index contributed by atoms with van der Waals surface area (Å²) in [5.74, 6) is 0.555. The Balaban J connectivity index is 0.000000154. The zero-order chi connectivity index (χ0) is 34.0. The minimum Gasteiger partial charge on any atom is -0.450 e. The predicted octanol–water partition coefficient (Wildman–Crippen LogP) is 5.70. The fourth-order valence-corrected chi connectivity index (χ4v) is 9.82. The number of carbonyl (C=O) groups excluding carboxylic acids is 2. The van der Waals surface area contributed by atoms with Crippen LogP contribution in [0.1, 0.15) is 101 Å². The molecular formula is C37H57N7O5. The summed E-state index contributed by atoms with van der Waals surface area (Å²) >= 11 is 0. The van der Waals surface area contributed by atoms with Gasteiger partial charge in [0.1, 0.15) is 6.26 Å². The van der Waals surface area contributed by atoms with Gasteiger partial charge in [-0.2, -0.15) is 5.10 Å². The topological polar surface area (TPSA) is 109 Å². The monoisotopic (exact) mass is 679 g/mol. The summed E-state index contributed by atoms with van der Waals surface area (Å²) in [5.41, 5.74) is 2.95. The summed E-state index contributed by atoms with van der Waals surface area (Å²) in [6.07, 6.45) is 15.5. The van der Waals surface area contributed by atoms with Crippen LogP contribution in [0.15, 0.2) is 29.1 Å². The van der Waals surface area contributed by atoms with Gasteiger partial charge in [0.15, 0.2) is 0 Å². The largest absolute Gasteiger partial charge is 0.450 e. The van der Waals surface area contributed by atoms with Gasteiger partial charge in [0.25, 0.3) is 0 Å². The van der Waals surface area contributed by atoms with Crippen LogP contribution in [-0.4, -0.2) is 124 Å². The fourth-order valence-electron chi connectivity index (χ4n) is 9.82. The molecule has 2 amide bonds. The van der Waals surface area contributed by atoms with Crippen molar-refractivity contribution in [2.75, 3.05) is 65.6 Å². The Bertz CT molecular complexity index is 1390. The number of ether oxygens (including phenoxy) is 2. The number of rotatable bonds is 6. The van der Waals surface area contributed by atoms with Gasteiger partial charge in [0, 0.05) is 69.5 Å². The van der Waals surface area contributed by atoms with E-state index in [-0.39, 0.29) is 12.2 Å². The van der Waals surface area contributed by atoms with Crippen molar-refractivity contribution in [2.24, 2.45) is 10.8 Å². The van der Waals surface area contributed by atoms with Crippen molar-refractivity contribution in [1.82, 2.24) is 34.5 Å². The summed E-state index contributed by atoms with van der Waals surface area (Å²) in [5, 5.41) is 8.68. The molecule has 2 spiro atoms. The van der Waals surface area contributed by atoms with Gasteiger partial charge in [-0.15, -0.1) is 0 Å². The van der Waals surface area contributed by atoms with Gasteiger partial charge in [-0.25, -0.2) is 9.59 Å². The zero-order valence-electron chi connectivity index (χ0n) is 29.9. The van der Waals surface area contributed by atoms with Crippen molar-refractivity contribution in [3.05, 3.63) is 36.0 Å². The number of hydrogen-bond donors (Lipinski definition) is 0. The van der Waals surface area contributed by atoms with E-state index in [1.807, 2.05) is 29.7 Å². The zero-order valence-corrected chi connectivity index (χ0v) is 29.9. The molecule has 2 saturated carbocycles. The molecule has 6 fully saturated rings. The van der Waals surface area contributed by atoms with E-state index in [9.17, 15) is 9.59 Å². The average Bonchev–Trinajstić information content (AvgIpc) is 3.91. The number of aromatic nitrogens is 3. The van der Waals surface area contributed by atoms with E-state index in [2.05, 4.69) is 43.9 Å². The first kappa shape index (κ1) is 34.3. The van der Waals surface area contributed by atoms with Crippen molar-refractivity contribution in [1.29, 1.82) is 0 Å². The normalized spacial score (nSPS) is 31.0. The van der Waals surface area contributed by atoms with Crippen LogP contribution >= 0.6 is 0 Å². The van der Waals surface area contributed by atoms with Gasteiger partial charge in [0.05, 0.1) is 30.6 Å². The summed E-state index contributed by atoms with van der Waals surface area (Å²) in [6, 6.07) is 6.07. The molecule has 12 nitrogen and oxygen atoms in total. The highest BCUT2D eigenvalue weighted by molar-refractivity contribution is 5.68. The molecule has 4 saturated heterocycles. The molecule has 2 aromatic rings. The first-order valence-electron chi connectivity index (χ1n) is 19.0. The van der Waals surface area contributed by atoms with Crippen molar-refractivity contribution in [2.45, 2.75) is 109 Å². The maximum Gasteiger partial charge on any atom is 0.409 e. The van der Waals surface area contributed by atoms with E-state index >= 15 is 0 Å². The number of amides is 2. The molecule has 2 aromatic heterocycles. The third-order valence-electron chi connectivity index (χ3n) is 12.7. The van der Waals surface area contributed by atoms with E-state index < -0.39 is 0 Å². The van der Waals surface area contributed by atoms with Crippen molar-refractivity contribution >= 4 is 12.2 Å². The second kappa shape index (κ2) is 14.6. The maximum atomic E-state index is 11.9. The Morgan fingerprint density at radius 2 is 1.31 bits per heavy atom. The first-order chi connectivity index (χ1) is 23.8. The molecule has 270 valence electrons. The lowest BCUT2D eigenvalue weighted by Crippen LogP contribution is -2.54. The quantitative estimate of drug-likeness (QED) is 0.380. The number of carbonyl (C=O) groups is 2. The highest BCUT2D eigenvalue weighted by Crippen LogP contribution is 2.52. The maximum absolute atomic E-state index is 11.9. The van der Waals surface area contributed by atoms with Gasteiger partial charge < -0.3 is 33.6 Å². The first-order valence-corrected chi connectivity index (χ1v) is 19.0. The van der Waals surface area contributed by atoms with E-state index in [4.69, 9.17) is 14.0 Å². The van der Waals surface area contributed by atoms with Crippen LogP contribution in [0.5, 0.6) is 0 Å². The van der Waals surface area contributed by atoms with Gasteiger partial charge >= 0.3 is 12.2 Å². The minimum atomic E-state index is -0.133. The average molecular weight is 680 g/mol. The molecule has 49 heavy (non-hydrogen) atoms. The molecule has 0 radical (unpaired) electrons. The summed E-state index contributed by atoms with van der Waals surface area (Å²) in [4.78, 5) is 32.9. The lowest BCUT2D eigenvalue weighted by molar-refractivity contribution is -0.00899. The second-order valence-electron chi connectivity index (χ2n) is 15.8. The molecule has 2 aliphatic carbocycles. The number of likely N-dealkylation sites (tertiary alicyclic amines) is 4. The van der Waals surface area contributed by atoms with Gasteiger partial charge in [0.2, 0.25) is 0 Å². The van der Waals surface area contributed by atoms with E-state index in [0.717, 1.165) is 63.5 Å². The van der Waals surface area contributed by atoms with Gasteiger partial charge in [-0.05, 0) is 115 Å². The Labute approximate surface area is 291 Å².